The molecule has 1 aliphatic carbocycles. The number of carbonyl (C=O) groups excluding carboxylic acids is 3. The highest BCUT2D eigenvalue weighted by Crippen LogP contribution is 2.39. The summed E-state index contributed by atoms with van der Waals surface area (Å²) in [5, 5.41) is 31.9. The minimum absolute atomic E-state index is 0.0748. The van der Waals surface area contributed by atoms with Gasteiger partial charge < -0.3 is 39.9 Å². The Hall–Kier alpha value is -4.62. The molecule has 1 unspecified atom stereocenters. The number of phenolic OH excluding ortho intramolecular Hbond substituents is 1. The lowest BCUT2D eigenvalue weighted by molar-refractivity contribution is -0.163. The van der Waals surface area contributed by atoms with E-state index < -0.39 is 47.9 Å². The monoisotopic (exact) mass is 572 g/mol. The van der Waals surface area contributed by atoms with Crippen molar-refractivity contribution in [3.05, 3.63) is 30.0 Å². The van der Waals surface area contributed by atoms with E-state index in [1.165, 1.54) is 34.1 Å². The van der Waals surface area contributed by atoms with Crippen LogP contribution in [0.15, 0.2) is 24.3 Å². The predicted octanol–water partition coefficient (Wildman–Crippen LogP) is 1.59. The molecular formula is C27H32N4O10. The summed E-state index contributed by atoms with van der Waals surface area (Å²) in [5.41, 5.74) is -1.50. The number of carboxylic acid groups (broad SMARTS) is 2. The number of piperazine rings is 1. The number of carbonyl (C=O) groups is 5. The maximum atomic E-state index is 13.4. The fraction of sp³-hybridized carbons (Fsp3) is 0.481. The Kier molecular flexibility index (Phi) is 8.79. The van der Waals surface area contributed by atoms with E-state index in [4.69, 9.17) is 9.47 Å². The molecule has 2 heterocycles. The maximum absolute atomic E-state index is 13.4. The van der Waals surface area contributed by atoms with Crippen LogP contribution < -0.4 is 10.1 Å². The van der Waals surface area contributed by atoms with Crippen LogP contribution in [0.2, 0.25) is 0 Å². The zero-order chi connectivity index (χ0) is 29.7. The number of fused-ring (bicyclic) bond motifs is 1. The topological polar surface area (TPSA) is 196 Å². The van der Waals surface area contributed by atoms with Crippen molar-refractivity contribution in [3.63, 3.8) is 0 Å². The number of nitrogens with one attached hydrogen (secondary N) is 1. The Morgan fingerprint density at radius 1 is 1.05 bits per heavy atom. The van der Waals surface area contributed by atoms with Gasteiger partial charge in [0, 0.05) is 50.1 Å². The molecule has 0 spiro atoms. The first-order chi connectivity index (χ1) is 19.5. The zero-order valence-electron chi connectivity index (χ0n) is 22.5. The van der Waals surface area contributed by atoms with Crippen molar-refractivity contribution >= 4 is 40.7 Å². The highest BCUT2D eigenvalue weighted by Gasteiger charge is 2.47. The lowest BCUT2D eigenvalue weighted by atomic mass is 9.80. The predicted molar refractivity (Wildman–Crippen MR) is 142 cm³/mol. The molecule has 4 rings (SSSR count). The van der Waals surface area contributed by atoms with Crippen LogP contribution in [0, 0.1) is 0 Å². The fourth-order valence-electron chi connectivity index (χ4n) is 4.76. The van der Waals surface area contributed by atoms with E-state index in [2.05, 4.69) is 10.3 Å². The molecule has 0 bridgehead atoms. The van der Waals surface area contributed by atoms with Gasteiger partial charge in [-0.25, -0.2) is 14.6 Å². The van der Waals surface area contributed by atoms with Gasteiger partial charge in [0.25, 0.3) is 5.91 Å². The first-order valence-electron chi connectivity index (χ1n) is 13.3. The van der Waals surface area contributed by atoms with Gasteiger partial charge >= 0.3 is 18.0 Å². The standard InChI is InChI=1S/C27H32N4O10/c1-2-40-26(39)31-12-10-30(11-13-31)24(36)18(6-7-22(33)34)29-23(35)20-15-21(41-27(25(37)38)8-3-9-27)17-5-4-16(32)14-19(17)28-20/h4-5,14-15,18,32H,2-3,6-13H2,1H3,(H,29,35)(H,33,34)(H,37,38). The highest BCUT2D eigenvalue weighted by molar-refractivity contribution is 5.99. The number of aromatic hydroxyl groups is 1. The van der Waals surface area contributed by atoms with Gasteiger partial charge in [0.2, 0.25) is 11.5 Å². The van der Waals surface area contributed by atoms with Crippen LogP contribution in [-0.2, 0) is 19.1 Å². The number of phenols is 1. The van der Waals surface area contributed by atoms with Crippen molar-refractivity contribution in [1.29, 1.82) is 0 Å². The molecule has 1 aromatic heterocycles. The lowest BCUT2D eigenvalue weighted by Crippen LogP contribution is -2.56. The quantitative estimate of drug-likeness (QED) is 0.323. The summed E-state index contributed by atoms with van der Waals surface area (Å²) in [7, 11) is 0. The molecule has 41 heavy (non-hydrogen) atoms. The Morgan fingerprint density at radius 2 is 1.73 bits per heavy atom. The van der Waals surface area contributed by atoms with Crippen LogP contribution in [-0.4, -0.2) is 104 Å². The van der Waals surface area contributed by atoms with Crippen molar-refractivity contribution < 1.29 is 48.8 Å². The second-order valence-corrected chi connectivity index (χ2v) is 9.93. The summed E-state index contributed by atoms with van der Waals surface area (Å²) in [4.78, 5) is 69.1. The second kappa shape index (κ2) is 12.3. The summed E-state index contributed by atoms with van der Waals surface area (Å²) in [6.07, 6.45) is 0.131. The van der Waals surface area contributed by atoms with Gasteiger partial charge in [0.05, 0.1) is 12.1 Å². The third-order valence-electron chi connectivity index (χ3n) is 7.21. The van der Waals surface area contributed by atoms with E-state index in [1.54, 1.807) is 6.92 Å². The Bertz CT molecular complexity index is 1350. The van der Waals surface area contributed by atoms with Gasteiger partial charge in [-0.1, -0.05) is 0 Å². The average Bonchev–Trinajstić information content (AvgIpc) is 2.91. The lowest BCUT2D eigenvalue weighted by Gasteiger charge is -2.38. The van der Waals surface area contributed by atoms with Crippen LogP contribution in [0.1, 0.15) is 49.5 Å². The number of hydrogen-bond acceptors (Lipinski definition) is 9. The number of aliphatic carboxylic acids is 2. The third kappa shape index (κ3) is 6.58. The van der Waals surface area contributed by atoms with E-state index in [9.17, 15) is 39.3 Å². The van der Waals surface area contributed by atoms with Crippen LogP contribution in [0.25, 0.3) is 10.9 Å². The average molecular weight is 573 g/mol. The molecule has 1 atom stereocenters. The Morgan fingerprint density at radius 3 is 2.32 bits per heavy atom. The van der Waals surface area contributed by atoms with E-state index in [1.807, 2.05) is 0 Å². The van der Waals surface area contributed by atoms with Crippen molar-refractivity contribution in [2.24, 2.45) is 0 Å². The van der Waals surface area contributed by atoms with Gasteiger partial charge in [-0.15, -0.1) is 0 Å². The largest absolute Gasteiger partial charge is 0.508 e. The van der Waals surface area contributed by atoms with Gasteiger partial charge in [-0.3, -0.25) is 14.4 Å². The molecule has 1 saturated heterocycles. The van der Waals surface area contributed by atoms with Crippen LogP contribution in [0.3, 0.4) is 0 Å². The minimum atomic E-state index is -1.45. The third-order valence-corrected chi connectivity index (χ3v) is 7.21. The van der Waals surface area contributed by atoms with Gasteiger partial charge in [-0.05, 0) is 44.7 Å². The summed E-state index contributed by atoms with van der Waals surface area (Å²) in [6.45, 7) is 2.67. The van der Waals surface area contributed by atoms with Crippen LogP contribution in [0.5, 0.6) is 11.5 Å². The molecular weight excluding hydrogens is 540 g/mol. The van der Waals surface area contributed by atoms with Crippen LogP contribution in [0.4, 0.5) is 4.79 Å². The summed E-state index contributed by atoms with van der Waals surface area (Å²) < 4.78 is 10.9. The molecule has 14 heteroatoms. The first-order valence-corrected chi connectivity index (χ1v) is 13.3. The number of aromatic nitrogens is 1. The normalized spacial score (nSPS) is 16.8. The van der Waals surface area contributed by atoms with E-state index in [-0.39, 0.29) is 74.8 Å². The van der Waals surface area contributed by atoms with Crippen molar-refractivity contribution in [2.45, 2.75) is 50.7 Å². The van der Waals surface area contributed by atoms with Crippen molar-refractivity contribution in [1.82, 2.24) is 20.1 Å². The Labute approximate surface area is 234 Å². The summed E-state index contributed by atoms with van der Waals surface area (Å²) >= 11 is 0. The summed E-state index contributed by atoms with van der Waals surface area (Å²) in [6, 6.07) is 4.24. The smallest absolute Gasteiger partial charge is 0.409 e. The summed E-state index contributed by atoms with van der Waals surface area (Å²) in [5.74, 6) is -3.68. The maximum Gasteiger partial charge on any atom is 0.409 e. The highest BCUT2D eigenvalue weighted by atomic mass is 16.6. The molecule has 14 nitrogen and oxygen atoms in total. The van der Waals surface area contributed by atoms with Gasteiger partial charge in [0.1, 0.15) is 23.2 Å². The van der Waals surface area contributed by atoms with Gasteiger partial charge in [0.15, 0.2) is 0 Å². The number of hydrogen-bond donors (Lipinski definition) is 4. The van der Waals surface area contributed by atoms with Gasteiger partial charge in [-0.2, -0.15) is 0 Å². The van der Waals surface area contributed by atoms with Crippen molar-refractivity contribution in [2.75, 3.05) is 32.8 Å². The molecule has 1 saturated carbocycles. The SMILES string of the molecule is CCOC(=O)N1CCN(C(=O)C(CCC(=O)O)NC(=O)c2cc(OC3(C(=O)O)CCC3)c3ccc(O)cc3n2)CC1. The molecule has 2 aromatic rings. The number of nitrogens with zero attached hydrogens (tertiary/aromatic N) is 3. The molecule has 2 fully saturated rings. The second-order valence-electron chi connectivity index (χ2n) is 9.93. The molecule has 1 aromatic carbocycles. The number of amides is 3. The number of carboxylic acids is 2. The molecule has 2 aliphatic rings. The Balaban J connectivity index is 1.56. The molecule has 3 amide bonds. The van der Waals surface area contributed by atoms with Crippen LogP contribution >= 0.6 is 0 Å². The number of benzene rings is 1. The molecule has 4 N–H and O–H groups in total. The first kappa shape index (κ1) is 29.4. The molecule has 1 aliphatic heterocycles. The van der Waals surface area contributed by atoms with E-state index in [0.29, 0.717) is 11.8 Å². The molecule has 220 valence electrons. The number of ether oxygens (including phenoxy) is 2. The fourth-order valence-corrected chi connectivity index (χ4v) is 4.76. The minimum Gasteiger partial charge on any atom is -0.508 e. The van der Waals surface area contributed by atoms with E-state index >= 15 is 0 Å². The number of pyridine rings is 1. The van der Waals surface area contributed by atoms with E-state index in [0.717, 1.165) is 0 Å². The number of rotatable bonds is 10. The zero-order valence-corrected chi connectivity index (χ0v) is 22.5. The molecule has 0 radical (unpaired) electrons. The van der Waals surface area contributed by atoms with Crippen molar-refractivity contribution in [3.8, 4) is 11.5 Å².